The second-order valence-electron chi connectivity index (χ2n) is 7.14. The Balaban J connectivity index is 1.95. The average molecular weight is 373 g/mol. The fourth-order valence-electron chi connectivity index (χ4n) is 3.55. The molecule has 0 fully saturated rings. The highest BCUT2D eigenvalue weighted by atomic mass is 16.5. The van der Waals surface area contributed by atoms with Crippen molar-refractivity contribution in [1.29, 1.82) is 0 Å². The van der Waals surface area contributed by atoms with Crippen molar-refractivity contribution in [2.24, 2.45) is 0 Å². The third-order valence-electron chi connectivity index (χ3n) is 5.09. The van der Waals surface area contributed by atoms with E-state index >= 15 is 0 Å². The lowest BCUT2D eigenvalue weighted by molar-refractivity contribution is -0.136. The highest BCUT2D eigenvalue weighted by Gasteiger charge is 2.42. The van der Waals surface area contributed by atoms with Crippen molar-refractivity contribution >= 4 is 29.2 Å². The molecule has 144 valence electrons. The minimum atomic E-state index is -0.611. The van der Waals surface area contributed by atoms with Crippen LogP contribution in [0.2, 0.25) is 0 Å². The van der Waals surface area contributed by atoms with E-state index in [1.54, 1.807) is 24.1 Å². The van der Waals surface area contributed by atoms with Gasteiger partial charge in [-0.3, -0.25) is 9.59 Å². The molecule has 0 saturated carbocycles. The molecule has 27 heavy (non-hydrogen) atoms. The van der Waals surface area contributed by atoms with Gasteiger partial charge in [0.15, 0.2) is 0 Å². The summed E-state index contributed by atoms with van der Waals surface area (Å²) in [6, 6.07) is 5.41. The van der Waals surface area contributed by atoms with Crippen LogP contribution in [0.3, 0.4) is 0 Å². The van der Waals surface area contributed by atoms with Crippen LogP contribution < -0.4 is 10.2 Å². The van der Waals surface area contributed by atoms with Crippen LogP contribution in [-0.2, 0) is 24.5 Å². The quantitative estimate of drug-likeness (QED) is 0.734. The summed E-state index contributed by atoms with van der Waals surface area (Å²) < 4.78 is 4.78. The molecular formula is C19H23N3O5. The number of aliphatic hydroxyl groups is 1. The van der Waals surface area contributed by atoms with E-state index in [0.717, 1.165) is 11.3 Å². The zero-order valence-electron chi connectivity index (χ0n) is 15.8. The zero-order valence-corrected chi connectivity index (χ0v) is 15.8. The monoisotopic (exact) mass is 373 g/mol. The largest absolute Gasteiger partial charge is 0.466 e. The average Bonchev–Trinajstić information content (AvgIpc) is 3.03. The van der Waals surface area contributed by atoms with Crippen LogP contribution in [0.1, 0.15) is 19.4 Å². The van der Waals surface area contributed by atoms with Crippen LogP contribution in [0.25, 0.3) is 0 Å². The van der Waals surface area contributed by atoms with Crippen LogP contribution in [-0.4, -0.2) is 61.6 Å². The van der Waals surface area contributed by atoms with E-state index in [9.17, 15) is 14.4 Å². The van der Waals surface area contributed by atoms with Crippen LogP contribution in [0, 0.1) is 0 Å². The number of aliphatic hydroxyl groups excluding tert-OH is 1. The van der Waals surface area contributed by atoms with Gasteiger partial charge in [-0.25, -0.2) is 4.79 Å². The first-order valence-corrected chi connectivity index (χ1v) is 8.63. The van der Waals surface area contributed by atoms with E-state index in [1.807, 2.05) is 19.9 Å². The lowest BCUT2D eigenvalue weighted by Crippen LogP contribution is -2.33. The molecule has 0 atom stereocenters. The van der Waals surface area contributed by atoms with Gasteiger partial charge in [0, 0.05) is 25.0 Å². The van der Waals surface area contributed by atoms with E-state index in [-0.39, 0.29) is 42.8 Å². The van der Waals surface area contributed by atoms with Crippen LogP contribution in [0.4, 0.5) is 11.4 Å². The summed E-state index contributed by atoms with van der Waals surface area (Å²) in [6.45, 7) is 3.74. The summed E-state index contributed by atoms with van der Waals surface area (Å²) in [5.41, 5.74) is 1.97. The number of carbonyl (C=O) groups excluding carboxylic acids is 3. The standard InChI is InChI=1S/C19H23N3O5/c1-19(2)13-6-5-11(9-14(13)21(3)18(19)26)20-15-12(17(25)27-4)10-22(7-8-23)16(15)24/h5-6,9,20,23H,7-8,10H2,1-4H3. The van der Waals surface area contributed by atoms with Crippen LogP contribution in [0.5, 0.6) is 0 Å². The number of hydrogen-bond donors (Lipinski definition) is 2. The summed E-state index contributed by atoms with van der Waals surface area (Å²) in [4.78, 5) is 40.1. The lowest BCUT2D eigenvalue weighted by atomic mass is 9.86. The Kier molecular flexibility index (Phi) is 4.69. The summed E-state index contributed by atoms with van der Waals surface area (Å²) in [6.07, 6.45) is 0. The number of rotatable bonds is 5. The maximum absolute atomic E-state index is 12.6. The molecule has 0 radical (unpaired) electrons. The molecule has 0 aliphatic carbocycles. The third-order valence-corrected chi connectivity index (χ3v) is 5.09. The molecule has 2 heterocycles. The van der Waals surface area contributed by atoms with Crippen molar-refractivity contribution in [1.82, 2.24) is 4.90 Å². The third kappa shape index (κ3) is 2.95. The Morgan fingerprint density at radius 3 is 2.67 bits per heavy atom. The van der Waals surface area contributed by atoms with Gasteiger partial charge in [-0.15, -0.1) is 0 Å². The number of likely N-dealkylation sites (N-methyl/N-ethyl adjacent to an activating group) is 1. The number of esters is 1. The number of nitrogens with zero attached hydrogens (tertiary/aromatic N) is 2. The van der Waals surface area contributed by atoms with Crippen molar-refractivity contribution in [3.8, 4) is 0 Å². The molecule has 0 aromatic heterocycles. The van der Waals surface area contributed by atoms with Gasteiger partial charge in [-0.1, -0.05) is 6.07 Å². The topological polar surface area (TPSA) is 99.2 Å². The fraction of sp³-hybridized carbons (Fsp3) is 0.421. The fourth-order valence-corrected chi connectivity index (χ4v) is 3.55. The first-order chi connectivity index (χ1) is 12.7. The molecule has 2 amide bonds. The number of methoxy groups -OCH3 is 1. The molecule has 2 aliphatic heterocycles. The van der Waals surface area contributed by atoms with Gasteiger partial charge in [0.1, 0.15) is 5.70 Å². The SMILES string of the molecule is COC(=O)C1=C(Nc2ccc3c(c2)N(C)C(=O)C3(C)C)C(=O)N(CCO)C1. The molecule has 8 nitrogen and oxygen atoms in total. The number of amides is 2. The molecule has 0 unspecified atom stereocenters. The maximum atomic E-state index is 12.6. The number of ether oxygens (including phenoxy) is 1. The van der Waals surface area contributed by atoms with E-state index < -0.39 is 11.4 Å². The maximum Gasteiger partial charge on any atom is 0.337 e. The molecule has 0 bridgehead atoms. The van der Waals surface area contributed by atoms with E-state index in [1.165, 1.54) is 12.0 Å². The van der Waals surface area contributed by atoms with Crippen molar-refractivity contribution < 1.29 is 24.2 Å². The normalized spacial score (nSPS) is 18.3. The number of nitrogens with one attached hydrogen (secondary N) is 1. The van der Waals surface area contributed by atoms with Crippen LogP contribution in [0.15, 0.2) is 29.5 Å². The number of β-amino-alcohol motifs (C(OH)–C–C–N with tert-alkyl or cyclic N) is 1. The Morgan fingerprint density at radius 2 is 2.04 bits per heavy atom. The minimum absolute atomic E-state index is 0.00446. The molecule has 1 aromatic rings. The summed E-state index contributed by atoms with van der Waals surface area (Å²) >= 11 is 0. The summed E-state index contributed by atoms with van der Waals surface area (Å²) in [7, 11) is 2.97. The minimum Gasteiger partial charge on any atom is -0.466 e. The molecule has 1 aromatic carbocycles. The van der Waals surface area contributed by atoms with Crippen molar-refractivity contribution in [2.45, 2.75) is 19.3 Å². The van der Waals surface area contributed by atoms with Gasteiger partial charge in [0.25, 0.3) is 5.91 Å². The van der Waals surface area contributed by atoms with Crippen molar-refractivity contribution in [2.75, 3.05) is 44.1 Å². The van der Waals surface area contributed by atoms with Gasteiger partial charge in [0.2, 0.25) is 5.91 Å². The number of benzene rings is 1. The Bertz CT molecular complexity index is 859. The molecule has 0 saturated heterocycles. The van der Waals surface area contributed by atoms with E-state index in [2.05, 4.69) is 5.32 Å². The van der Waals surface area contributed by atoms with E-state index in [0.29, 0.717) is 5.69 Å². The molecule has 2 N–H and O–H groups in total. The van der Waals surface area contributed by atoms with Gasteiger partial charge < -0.3 is 25.0 Å². The number of hydrogen-bond acceptors (Lipinski definition) is 6. The second-order valence-corrected chi connectivity index (χ2v) is 7.14. The first kappa shape index (κ1) is 18.9. The van der Waals surface area contributed by atoms with Gasteiger partial charge in [-0.05, 0) is 31.5 Å². The predicted octanol–water partition coefficient (Wildman–Crippen LogP) is 0.614. The lowest BCUT2D eigenvalue weighted by Gasteiger charge is -2.16. The smallest absolute Gasteiger partial charge is 0.337 e. The number of anilines is 2. The molecule has 0 spiro atoms. The Morgan fingerprint density at radius 1 is 1.33 bits per heavy atom. The van der Waals surface area contributed by atoms with Crippen molar-refractivity contribution in [3.05, 3.63) is 35.0 Å². The van der Waals surface area contributed by atoms with Gasteiger partial charge >= 0.3 is 5.97 Å². The predicted molar refractivity (Wildman–Crippen MR) is 99.2 cm³/mol. The summed E-state index contributed by atoms with van der Waals surface area (Å²) in [5, 5.41) is 12.1. The highest BCUT2D eigenvalue weighted by Crippen LogP contribution is 2.42. The van der Waals surface area contributed by atoms with E-state index in [4.69, 9.17) is 9.84 Å². The van der Waals surface area contributed by atoms with Gasteiger partial charge in [-0.2, -0.15) is 0 Å². The molecule has 3 rings (SSSR count). The van der Waals surface area contributed by atoms with Crippen LogP contribution >= 0.6 is 0 Å². The number of fused-ring (bicyclic) bond motifs is 1. The first-order valence-electron chi connectivity index (χ1n) is 8.63. The zero-order chi connectivity index (χ0) is 19.9. The highest BCUT2D eigenvalue weighted by molar-refractivity contribution is 6.10. The molecular weight excluding hydrogens is 350 g/mol. The van der Waals surface area contributed by atoms with Gasteiger partial charge in [0.05, 0.1) is 31.2 Å². The second kappa shape index (κ2) is 6.70. The van der Waals surface area contributed by atoms with Crippen molar-refractivity contribution in [3.63, 3.8) is 0 Å². The Hall–Kier alpha value is -2.87. The molecule has 8 heteroatoms. The summed E-state index contributed by atoms with van der Waals surface area (Å²) in [5.74, 6) is -0.981. The number of carbonyl (C=O) groups is 3. The Labute approximate surface area is 157 Å². The molecule has 2 aliphatic rings.